The van der Waals surface area contributed by atoms with Gasteiger partial charge in [-0.25, -0.2) is 0 Å². The Morgan fingerprint density at radius 1 is 1.41 bits per heavy atom. The van der Waals surface area contributed by atoms with Crippen molar-refractivity contribution < 1.29 is 0 Å². The third-order valence-corrected chi connectivity index (χ3v) is 3.89. The average Bonchev–Trinajstić information content (AvgIpc) is 2.67. The standard InChI is InChI=1S/C11H11N5S/c1-6-7-4-15-11(12)16-10(7)17-9(6)8-5-13-2-3-14-8/h2-5,11,16H,12H2,1H3. The fraction of sp³-hybridized carbons (Fsp3) is 0.182. The molecule has 1 unspecified atom stereocenters. The maximum atomic E-state index is 5.72. The minimum atomic E-state index is -0.352. The molecule has 5 nitrogen and oxygen atoms in total. The SMILES string of the molecule is Cc1c(-c2cnccn2)sc2c1C=NC(N)N2. The molecule has 0 saturated carbocycles. The van der Waals surface area contributed by atoms with Crippen molar-refractivity contribution >= 4 is 22.6 Å². The van der Waals surface area contributed by atoms with Gasteiger partial charge >= 0.3 is 0 Å². The molecule has 3 N–H and O–H groups in total. The van der Waals surface area contributed by atoms with Crippen LogP contribution in [0.3, 0.4) is 0 Å². The summed E-state index contributed by atoms with van der Waals surface area (Å²) in [5.41, 5.74) is 8.86. The number of thiophene rings is 1. The molecule has 2 aromatic heterocycles. The molecule has 3 rings (SSSR count). The number of aliphatic imine (C=N–C) groups is 1. The molecule has 3 heterocycles. The van der Waals surface area contributed by atoms with E-state index in [9.17, 15) is 0 Å². The van der Waals surface area contributed by atoms with Gasteiger partial charge in [-0.05, 0) is 12.5 Å². The number of rotatable bonds is 1. The Balaban J connectivity index is 2.13. The van der Waals surface area contributed by atoms with Crippen LogP contribution in [0.2, 0.25) is 0 Å². The van der Waals surface area contributed by atoms with Crippen LogP contribution in [0.5, 0.6) is 0 Å². The molecular formula is C11H11N5S. The van der Waals surface area contributed by atoms with Crippen molar-refractivity contribution in [3.05, 3.63) is 29.7 Å². The fourth-order valence-electron chi connectivity index (χ4n) is 1.78. The van der Waals surface area contributed by atoms with E-state index in [2.05, 4.69) is 27.2 Å². The first-order chi connectivity index (χ1) is 8.25. The Labute approximate surface area is 102 Å². The molecule has 86 valence electrons. The van der Waals surface area contributed by atoms with Crippen molar-refractivity contribution in [1.29, 1.82) is 0 Å². The monoisotopic (exact) mass is 245 g/mol. The summed E-state index contributed by atoms with van der Waals surface area (Å²) >= 11 is 1.63. The summed E-state index contributed by atoms with van der Waals surface area (Å²) in [6.07, 6.45) is 6.60. The van der Waals surface area contributed by atoms with Gasteiger partial charge < -0.3 is 5.32 Å². The topological polar surface area (TPSA) is 76.2 Å². The summed E-state index contributed by atoms with van der Waals surface area (Å²) in [5, 5.41) is 4.19. The second kappa shape index (κ2) is 3.90. The number of hydrogen-bond acceptors (Lipinski definition) is 6. The quantitative estimate of drug-likeness (QED) is 0.800. The van der Waals surface area contributed by atoms with E-state index in [1.807, 2.05) is 6.21 Å². The van der Waals surface area contributed by atoms with Crippen LogP contribution in [0.15, 0.2) is 23.6 Å². The number of nitrogens with zero attached hydrogens (tertiary/aromatic N) is 3. The van der Waals surface area contributed by atoms with E-state index in [1.54, 1.807) is 29.9 Å². The molecule has 0 radical (unpaired) electrons. The molecule has 1 atom stereocenters. The highest BCUT2D eigenvalue weighted by molar-refractivity contribution is 7.20. The maximum absolute atomic E-state index is 5.72. The largest absolute Gasteiger partial charge is 0.343 e. The number of aromatic nitrogens is 2. The van der Waals surface area contributed by atoms with E-state index in [-0.39, 0.29) is 6.29 Å². The molecule has 17 heavy (non-hydrogen) atoms. The zero-order valence-corrected chi connectivity index (χ0v) is 10.0. The Morgan fingerprint density at radius 3 is 3.06 bits per heavy atom. The minimum absolute atomic E-state index is 0.352. The first kappa shape index (κ1) is 10.4. The van der Waals surface area contributed by atoms with Gasteiger partial charge in [0.1, 0.15) is 5.00 Å². The Hall–Kier alpha value is -1.79. The van der Waals surface area contributed by atoms with Crippen molar-refractivity contribution in [3.8, 4) is 10.6 Å². The lowest BCUT2D eigenvalue weighted by molar-refractivity contribution is 0.810. The number of nitrogens with two attached hydrogens (primary N) is 1. The first-order valence-corrected chi connectivity index (χ1v) is 6.02. The fourth-order valence-corrected chi connectivity index (χ4v) is 2.95. The molecule has 0 amide bonds. The summed E-state index contributed by atoms with van der Waals surface area (Å²) in [6.45, 7) is 2.06. The van der Waals surface area contributed by atoms with Gasteiger partial charge in [-0.2, -0.15) is 0 Å². The van der Waals surface area contributed by atoms with Crippen LogP contribution >= 0.6 is 11.3 Å². The lowest BCUT2D eigenvalue weighted by Crippen LogP contribution is -2.29. The van der Waals surface area contributed by atoms with Gasteiger partial charge in [0.05, 0.1) is 16.8 Å². The molecule has 0 fully saturated rings. The first-order valence-electron chi connectivity index (χ1n) is 5.21. The van der Waals surface area contributed by atoms with Gasteiger partial charge in [-0.3, -0.25) is 20.7 Å². The second-order valence-electron chi connectivity index (χ2n) is 3.76. The molecule has 0 spiro atoms. The molecule has 0 aliphatic carbocycles. The van der Waals surface area contributed by atoms with Crippen LogP contribution in [0.1, 0.15) is 11.1 Å². The van der Waals surface area contributed by atoms with Crippen LogP contribution in [-0.4, -0.2) is 22.5 Å². The molecule has 0 bridgehead atoms. The normalized spacial score (nSPS) is 17.6. The van der Waals surface area contributed by atoms with Crippen LogP contribution in [0, 0.1) is 6.92 Å². The predicted octanol–water partition coefficient (Wildman–Crippen LogP) is 1.60. The van der Waals surface area contributed by atoms with E-state index in [4.69, 9.17) is 5.73 Å². The summed E-state index contributed by atoms with van der Waals surface area (Å²) in [6, 6.07) is 0. The van der Waals surface area contributed by atoms with E-state index < -0.39 is 0 Å². The van der Waals surface area contributed by atoms with E-state index in [1.165, 1.54) is 0 Å². The van der Waals surface area contributed by atoms with Gasteiger partial charge in [-0.15, -0.1) is 11.3 Å². The number of fused-ring (bicyclic) bond motifs is 1. The van der Waals surface area contributed by atoms with Gasteiger partial charge in [0.15, 0.2) is 6.29 Å². The maximum Gasteiger partial charge on any atom is 0.171 e. The molecule has 6 heteroatoms. The smallest absolute Gasteiger partial charge is 0.171 e. The van der Waals surface area contributed by atoms with Crippen molar-refractivity contribution in [2.24, 2.45) is 10.7 Å². The van der Waals surface area contributed by atoms with Gasteiger partial charge in [0.25, 0.3) is 0 Å². The third kappa shape index (κ3) is 1.71. The number of nitrogens with one attached hydrogen (secondary N) is 1. The summed E-state index contributed by atoms with van der Waals surface area (Å²) in [7, 11) is 0. The second-order valence-corrected chi connectivity index (χ2v) is 4.78. The van der Waals surface area contributed by atoms with Crippen LogP contribution in [0.25, 0.3) is 10.6 Å². The van der Waals surface area contributed by atoms with Crippen molar-refractivity contribution in [2.75, 3.05) is 5.32 Å². The zero-order valence-electron chi connectivity index (χ0n) is 9.21. The summed E-state index contributed by atoms with van der Waals surface area (Å²) in [5.74, 6) is 0. The molecule has 1 aliphatic rings. The molecule has 0 aromatic carbocycles. The van der Waals surface area contributed by atoms with Crippen molar-refractivity contribution in [1.82, 2.24) is 9.97 Å². The Bertz CT molecular complexity index is 575. The zero-order chi connectivity index (χ0) is 11.8. The van der Waals surface area contributed by atoms with Crippen LogP contribution in [-0.2, 0) is 0 Å². The third-order valence-electron chi connectivity index (χ3n) is 2.63. The Morgan fingerprint density at radius 2 is 2.29 bits per heavy atom. The highest BCUT2D eigenvalue weighted by Crippen LogP contribution is 2.39. The lowest BCUT2D eigenvalue weighted by Gasteiger charge is -2.14. The van der Waals surface area contributed by atoms with Crippen molar-refractivity contribution in [3.63, 3.8) is 0 Å². The predicted molar refractivity (Wildman–Crippen MR) is 69.3 cm³/mol. The number of anilines is 1. The minimum Gasteiger partial charge on any atom is -0.343 e. The van der Waals surface area contributed by atoms with E-state index in [0.29, 0.717) is 0 Å². The summed E-state index contributed by atoms with van der Waals surface area (Å²) in [4.78, 5) is 13.7. The van der Waals surface area contributed by atoms with Gasteiger partial charge in [0.2, 0.25) is 0 Å². The van der Waals surface area contributed by atoms with E-state index >= 15 is 0 Å². The molecule has 0 saturated heterocycles. The molecule has 2 aromatic rings. The Kier molecular flexibility index (Phi) is 2.38. The highest BCUT2D eigenvalue weighted by atomic mass is 32.1. The van der Waals surface area contributed by atoms with Crippen molar-refractivity contribution in [2.45, 2.75) is 13.2 Å². The summed E-state index contributed by atoms with van der Waals surface area (Å²) < 4.78 is 0. The van der Waals surface area contributed by atoms with Gasteiger partial charge in [-0.1, -0.05) is 0 Å². The molecular weight excluding hydrogens is 234 g/mol. The van der Waals surface area contributed by atoms with Gasteiger partial charge in [0, 0.05) is 24.2 Å². The molecule has 1 aliphatic heterocycles. The van der Waals surface area contributed by atoms with Crippen LogP contribution < -0.4 is 11.1 Å². The van der Waals surface area contributed by atoms with Crippen LogP contribution in [0.4, 0.5) is 5.00 Å². The average molecular weight is 245 g/mol. The number of hydrogen-bond donors (Lipinski definition) is 2. The highest BCUT2D eigenvalue weighted by Gasteiger charge is 2.19. The lowest BCUT2D eigenvalue weighted by atomic mass is 10.1. The van der Waals surface area contributed by atoms with E-state index in [0.717, 1.165) is 26.7 Å².